The van der Waals surface area contributed by atoms with E-state index in [-0.39, 0.29) is 0 Å². The van der Waals surface area contributed by atoms with E-state index in [2.05, 4.69) is 11.7 Å². The van der Waals surface area contributed by atoms with Gasteiger partial charge in [0.1, 0.15) is 0 Å². The maximum Gasteiger partial charge on any atom is 0.151 e. The minimum absolute atomic E-state index is 0.861. The molecule has 0 fully saturated rings. The summed E-state index contributed by atoms with van der Waals surface area (Å²) in [6.07, 6.45) is 0. The molecule has 1 atom stereocenters. The normalized spacial score (nSPS) is 10.6. The second kappa shape index (κ2) is 1.94. The zero-order valence-corrected chi connectivity index (χ0v) is 4.56. The van der Waals surface area contributed by atoms with Gasteiger partial charge < -0.3 is 4.74 Å². The molecular formula is C5H8NO. The van der Waals surface area contributed by atoms with Crippen molar-refractivity contribution in [3.05, 3.63) is 6.92 Å². The van der Waals surface area contributed by atoms with Gasteiger partial charge in [-0.25, -0.2) is 0 Å². The molecule has 0 rings (SSSR count). The smallest absolute Gasteiger partial charge is 0.151 e. The van der Waals surface area contributed by atoms with Gasteiger partial charge in [-0.2, -0.15) is 5.26 Å². The third kappa shape index (κ3) is 2.18. The number of rotatable bonds is 1. The third-order valence-corrected chi connectivity index (χ3v) is 0.687. The number of hydrogen-bond acceptors (Lipinski definition) is 2. The van der Waals surface area contributed by atoms with E-state index in [1.807, 2.05) is 6.07 Å². The first-order chi connectivity index (χ1) is 3.12. The van der Waals surface area contributed by atoms with Crippen LogP contribution in [0.25, 0.3) is 0 Å². The summed E-state index contributed by atoms with van der Waals surface area (Å²) in [5.41, 5.74) is -0.861. The van der Waals surface area contributed by atoms with Crippen LogP contribution in [0, 0.1) is 18.3 Å². The summed E-state index contributed by atoms with van der Waals surface area (Å²) < 4.78 is 4.61. The molecule has 2 heteroatoms. The van der Waals surface area contributed by atoms with Crippen LogP contribution in [0.1, 0.15) is 6.92 Å². The Hall–Kier alpha value is -0.550. The van der Waals surface area contributed by atoms with Crippen molar-refractivity contribution in [2.24, 2.45) is 0 Å². The molecule has 2 nitrogen and oxygen atoms in total. The van der Waals surface area contributed by atoms with Gasteiger partial charge in [0.25, 0.3) is 0 Å². The minimum Gasteiger partial charge on any atom is -0.364 e. The van der Waals surface area contributed by atoms with Gasteiger partial charge in [-0.15, -0.1) is 0 Å². The van der Waals surface area contributed by atoms with Gasteiger partial charge in [-0.05, 0) is 13.8 Å². The Balaban J connectivity index is 3.66. The van der Waals surface area contributed by atoms with Gasteiger partial charge in [-0.3, -0.25) is 0 Å². The lowest BCUT2D eigenvalue weighted by Crippen LogP contribution is -2.18. The van der Waals surface area contributed by atoms with E-state index in [1.54, 1.807) is 6.92 Å². The second-order valence-electron chi connectivity index (χ2n) is 1.55. The van der Waals surface area contributed by atoms with Gasteiger partial charge >= 0.3 is 0 Å². The number of nitrogens with zero attached hydrogens (tertiary/aromatic N) is 1. The second-order valence-corrected chi connectivity index (χ2v) is 1.55. The summed E-state index contributed by atoms with van der Waals surface area (Å²) in [7, 11) is 1.45. The van der Waals surface area contributed by atoms with Gasteiger partial charge in [0, 0.05) is 7.11 Å². The summed E-state index contributed by atoms with van der Waals surface area (Å²) in [6, 6.07) is 1.86. The highest BCUT2D eigenvalue weighted by molar-refractivity contribution is 4.99. The highest BCUT2D eigenvalue weighted by Crippen LogP contribution is 2.01. The number of hydrogen-bond donors (Lipinski definition) is 0. The SMILES string of the molecule is [CH2]C(C)(C#N)OC. The van der Waals surface area contributed by atoms with Crippen LogP contribution in [-0.4, -0.2) is 12.7 Å². The Kier molecular flexibility index (Phi) is 1.79. The van der Waals surface area contributed by atoms with Crippen LogP contribution in [0.15, 0.2) is 0 Å². The van der Waals surface area contributed by atoms with Crippen molar-refractivity contribution in [1.29, 1.82) is 5.26 Å². The molecule has 0 aliphatic carbocycles. The Morgan fingerprint density at radius 3 is 2.29 bits per heavy atom. The van der Waals surface area contributed by atoms with Crippen LogP contribution in [0.5, 0.6) is 0 Å². The van der Waals surface area contributed by atoms with E-state index in [4.69, 9.17) is 5.26 Å². The van der Waals surface area contributed by atoms with Crippen LogP contribution in [0.3, 0.4) is 0 Å². The van der Waals surface area contributed by atoms with Gasteiger partial charge in [-0.1, -0.05) is 0 Å². The van der Waals surface area contributed by atoms with Crippen molar-refractivity contribution in [1.82, 2.24) is 0 Å². The average molecular weight is 98.1 g/mol. The third-order valence-electron chi connectivity index (χ3n) is 0.687. The summed E-state index contributed by atoms with van der Waals surface area (Å²) in [6.45, 7) is 5.03. The Morgan fingerprint density at radius 2 is 2.29 bits per heavy atom. The van der Waals surface area contributed by atoms with Crippen molar-refractivity contribution >= 4 is 0 Å². The Morgan fingerprint density at radius 1 is 1.86 bits per heavy atom. The topological polar surface area (TPSA) is 33.0 Å². The predicted molar refractivity (Wildman–Crippen MR) is 26.4 cm³/mol. The molecule has 0 aromatic rings. The van der Waals surface area contributed by atoms with E-state index in [0.717, 1.165) is 0 Å². The van der Waals surface area contributed by atoms with E-state index in [0.29, 0.717) is 0 Å². The average Bonchev–Trinajstić information content (AvgIpc) is 1.68. The molecule has 1 unspecified atom stereocenters. The molecule has 0 heterocycles. The van der Waals surface area contributed by atoms with E-state index in [9.17, 15) is 0 Å². The summed E-state index contributed by atoms with van der Waals surface area (Å²) in [5, 5.41) is 8.16. The molecule has 0 aromatic heterocycles. The zero-order chi connectivity index (χ0) is 5.91. The number of methoxy groups -OCH3 is 1. The zero-order valence-electron chi connectivity index (χ0n) is 4.56. The monoisotopic (exact) mass is 98.1 g/mol. The van der Waals surface area contributed by atoms with Crippen LogP contribution in [0.4, 0.5) is 0 Å². The first kappa shape index (κ1) is 6.45. The van der Waals surface area contributed by atoms with Crippen LogP contribution in [0.2, 0.25) is 0 Å². The van der Waals surface area contributed by atoms with Crippen molar-refractivity contribution in [3.63, 3.8) is 0 Å². The van der Waals surface area contributed by atoms with Crippen LogP contribution >= 0.6 is 0 Å². The fourth-order valence-electron chi connectivity index (χ4n) is 0.0456. The molecule has 0 saturated carbocycles. The maximum absolute atomic E-state index is 8.16. The molecule has 0 aromatic carbocycles. The summed E-state index contributed by atoms with van der Waals surface area (Å²) in [5.74, 6) is 0. The molecule has 1 radical (unpaired) electrons. The quantitative estimate of drug-likeness (QED) is 0.484. The van der Waals surface area contributed by atoms with Crippen molar-refractivity contribution in [3.8, 4) is 6.07 Å². The Labute approximate surface area is 43.7 Å². The predicted octanol–water partition coefficient (Wildman–Crippen LogP) is 0.749. The molecule has 39 valence electrons. The van der Waals surface area contributed by atoms with Crippen molar-refractivity contribution in [2.45, 2.75) is 12.5 Å². The highest BCUT2D eigenvalue weighted by Gasteiger charge is 2.12. The molecule has 0 amide bonds. The largest absolute Gasteiger partial charge is 0.364 e. The molecule has 0 aliphatic heterocycles. The van der Waals surface area contributed by atoms with E-state index in [1.165, 1.54) is 7.11 Å². The lowest BCUT2D eigenvalue weighted by molar-refractivity contribution is 0.0948. The number of nitriles is 1. The summed E-state index contributed by atoms with van der Waals surface area (Å²) >= 11 is 0. The minimum atomic E-state index is -0.861. The van der Waals surface area contributed by atoms with Crippen molar-refractivity contribution in [2.75, 3.05) is 7.11 Å². The number of ether oxygens (including phenoxy) is 1. The standard InChI is InChI=1S/C5H8NO/c1-5(2,4-6)7-3/h1H2,2-3H3. The molecule has 0 bridgehead atoms. The van der Waals surface area contributed by atoms with Gasteiger partial charge in [0.2, 0.25) is 0 Å². The van der Waals surface area contributed by atoms with Crippen molar-refractivity contribution < 1.29 is 4.74 Å². The molecule has 0 aliphatic rings. The fraction of sp³-hybridized carbons (Fsp3) is 0.600. The lowest BCUT2D eigenvalue weighted by Gasteiger charge is -2.10. The lowest BCUT2D eigenvalue weighted by atomic mass is 10.2. The molecule has 0 spiro atoms. The van der Waals surface area contributed by atoms with Gasteiger partial charge in [0.05, 0.1) is 6.07 Å². The molecule has 0 saturated heterocycles. The molecule has 0 N–H and O–H groups in total. The first-order valence-electron chi connectivity index (χ1n) is 1.94. The van der Waals surface area contributed by atoms with Crippen LogP contribution in [-0.2, 0) is 4.74 Å². The highest BCUT2D eigenvalue weighted by atomic mass is 16.5. The van der Waals surface area contributed by atoms with E-state index >= 15 is 0 Å². The fourth-order valence-corrected chi connectivity index (χ4v) is 0.0456. The Bertz CT molecular complexity index is 90.7. The molecular weight excluding hydrogens is 90.1 g/mol. The summed E-state index contributed by atoms with van der Waals surface area (Å²) in [4.78, 5) is 0. The van der Waals surface area contributed by atoms with Crippen LogP contribution < -0.4 is 0 Å². The van der Waals surface area contributed by atoms with E-state index < -0.39 is 5.60 Å². The molecule has 7 heavy (non-hydrogen) atoms. The first-order valence-corrected chi connectivity index (χ1v) is 1.94. The van der Waals surface area contributed by atoms with Gasteiger partial charge in [0.15, 0.2) is 5.60 Å². The maximum atomic E-state index is 8.16.